The van der Waals surface area contributed by atoms with Gasteiger partial charge in [0.25, 0.3) is 0 Å². The summed E-state index contributed by atoms with van der Waals surface area (Å²) in [6.07, 6.45) is 0.946. The maximum absolute atomic E-state index is 13.9. The van der Waals surface area contributed by atoms with Crippen LogP contribution in [0.5, 0.6) is 0 Å². The number of hydrogen-bond acceptors (Lipinski definition) is 4. The van der Waals surface area contributed by atoms with Crippen molar-refractivity contribution < 1.29 is 22.3 Å². The van der Waals surface area contributed by atoms with E-state index in [4.69, 9.17) is 4.74 Å². The zero-order valence-electron chi connectivity index (χ0n) is 12.0. The number of ether oxygens (including phenoxy) is 1. The molecule has 1 aromatic rings. The third-order valence-corrected chi connectivity index (χ3v) is 5.36. The molecule has 1 heterocycles. The first-order valence-electron chi connectivity index (χ1n) is 6.82. The standard InChI is InChI=1S/C14H18FNO4S/c1-3-20-14(17)12-5-4-8-16(12)21(18,19)13-9-10(2)6-7-11(13)15/h6-7,9,12H,3-5,8H2,1-2H3. The largest absolute Gasteiger partial charge is 0.465 e. The lowest BCUT2D eigenvalue weighted by atomic mass is 10.2. The van der Waals surface area contributed by atoms with Crippen LogP contribution < -0.4 is 0 Å². The molecule has 0 aliphatic carbocycles. The highest BCUT2D eigenvalue weighted by Gasteiger charge is 2.41. The lowest BCUT2D eigenvalue weighted by Gasteiger charge is -2.22. The van der Waals surface area contributed by atoms with E-state index in [1.807, 2.05) is 0 Å². The van der Waals surface area contributed by atoms with Gasteiger partial charge in [-0.2, -0.15) is 4.31 Å². The molecule has 0 amide bonds. The zero-order chi connectivity index (χ0) is 15.6. The van der Waals surface area contributed by atoms with Crippen LogP contribution in [0.2, 0.25) is 0 Å². The van der Waals surface area contributed by atoms with Crippen LogP contribution in [-0.2, 0) is 19.6 Å². The summed E-state index contributed by atoms with van der Waals surface area (Å²) in [5, 5.41) is 0. The molecule has 0 saturated carbocycles. The molecule has 1 atom stereocenters. The topological polar surface area (TPSA) is 63.7 Å². The van der Waals surface area contributed by atoms with Crippen LogP contribution in [0.25, 0.3) is 0 Å². The van der Waals surface area contributed by atoms with E-state index in [0.717, 1.165) is 10.4 Å². The molecule has 21 heavy (non-hydrogen) atoms. The van der Waals surface area contributed by atoms with E-state index in [1.165, 1.54) is 12.1 Å². The van der Waals surface area contributed by atoms with Gasteiger partial charge >= 0.3 is 5.97 Å². The van der Waals surface area contributed by atoms with Crippen LogP contribution in [0, 0.1) is 12.7 Å². The Kier molecular flexibility index (Phi) is 4.63. The van der Waals surface area contributed by atoms with Crippen molar-refractivity contribution in [3.63, 3.8) is 0 Å². The molecule has 0 N–H and O–H groups in total. The molecule has 1 saturated heterocycles. The summed E-state index contributed by atoms with van der Waals surface area (Å²) < 4.78 is 45.0. The molecule has 0 bridgehead atoms. The molecule has 1 unspecified atom stereocenters. The predicted octanol–water partition coefficient (Wildman–Crippen LogP) is 1.85. The van der Waals surface area contributed by atoms with Gasteiger partial charge in [-0.05, 0) is 44.4 Å². The van der Waals surface area contributed by atoms with Gasteiger partial charge in [-0.15, -0.1) is 0 Å². The molecule has 2 rings (SSSR count). The van der Waals surface area contributed by atoms with Gasteiger partial charge in [-0.3, -0.25) is 4.79 Å². The van der Waals surface area contributed by atoms with E-state index in [1.54, 1.807) is 13.8 Å². The summed E-state index contributed by atoms with van der Waals surface area (Å²) >= 11 is 0. The van der Waals surface area contributed by atoms with Crippen LogP contribution in [0.1, 0.15) is 25.3 Å². The van der Waals surface area contributed by atoms with Gasteiger partial charge in [-0.1, -0.05) is 6.07 Å². The summed E-state index contributed by atoms with van der Waals surface area (Å²) in [5.41, 5.74) is 0.641. The van der Waals surface area contributed by atoms with Crippen molar-refractivity contribution in [3.05, 3.63) is 29.6 Å². The third kappa shape index (κ3) is 3.08. The summed E-state index contributed by atoms with van der Waals surface area (Å²) in [5.74, 6) is -1.39. The zero-order valence-corrected chi connectivity index (χ0v) is 12.8. The number of rotatable bonds is 4. The average Bonchev–Trinajstić information content (AvgIpc) is 2.92. The van der Waals surface area contributed by atoms with E-state index in [9.17, 15) is 17.6 Å². The van der Waals surface area contributed by atoms with Crippen molar-refractivity contribution in [2.75, 3.05) is 13.2 Å². The van der Waals surface area contributed by atoms with E-state index in [0.29, 0.717) is 18.4 Å². The fourth-order valence-corrected chi connectivity index (χ4v) is 4.23. The molecule has 7 heteroatoms. The van der Waals surface area contributed by atoms with Gasteiger partial charge in [0.15, 0.2) is 0 Å². The molecule has 1 aliphatic heterocycles. The lowest BCUT2D eigenvalue weighted by molar-refractivity contribution is -0.146. The van der Waals surface area contributed by atoms with Gasteiger partial charge < -0.3 is 4.74 Å². The maximum Gasteiger partial charge on any atom is 0.324 e. The van der Waals surface area contributed by atoms with Gasteiger partial charge in [0, 0.05) is 6.54 Å². The Bertz CT molecular complexity index is 644. The highest BCUT2D eigenvalue weighted by atomic mass is 32.2. The fourth-order valence-electron chi connectivity index (χ4n) is 2.44. The predicted molar refractivity (Wildman–Crippen MR) is 74.7 cm³/mol. The molecule has 1 aromatic carbocycles. The van der Waals surface area contributed by atoms with Gasteiger partial charge in [0.1, 0.15) is 16.8 Å². The highest BCUT2D eigenvalue weighted by Crippen LogP contribution is 2.28. The summed E-state index contributed by atoms with van der Waals surface area (Å²) in [6.45, 7) is 3.72. The minimum absolute atomic E-state index is 0.183. The Hall–Kier alpha value is -1.47. The van der Waals surface area contributed by atoms with E-state index in [2.05, 4.69) is 0 Å². The first kappa shape index (κ1) is 15.9. The molecule has 0 spiro atoms. The minimum Gasteiger partial charge on any atom is -0.465 e. The average molecular weight is 315 g/mol. The Morgan fingerprint density at radius 1 is 1.48 bits per heavy atom. The van der Waals surface area contributed by atoms with E-state index < -0.39 is 32.7 Å². The normalized spacial score (nSPS) is 19.7. The van der Waals surface area contributed by atoms with Crippen LogP contribution in [-0.4, -0.2) is 37.9 Å². The first-order chi connectivity index (χ1) is 9.87. The maximum atomic E-state index is 13.9. The molecular formula is C14H18FNO4S. The Labute approximate surface area is 123 Å². The van der Waals surface area contributed by atoms with Crippen molar-refractivity contribution in [2.24, 2.45) is 0 Å². The Morgan fingerprint density at radius 2 is 2.19 bits per heavy atom. The number of halogens is 1. The molecule has 0 radical (unpaired) electrons. The van der Waals surface area contributed by atoms with Crippen molar-refractivity contribution in [3.8, 4) is 0 Å². The number of aryl methyl sites for hydroxylation is 1. The van der Waals surface area contributed by atoms with Crippen molar-refractivity contribution in [1.29, 1.82) is 0 Å². The molecular weight excluding hydrogens is 297 g/mol. The van der Waals surface area contributed by atoms with Crippen molar-refractivity contribution in [2.45, 2.75) is 37.6 Å². The molecule has 0 aromatic heterocycles. The Balaban J connectivity index is 2.38. The molecule has 1 fully saturated rings. The molecule has 1 aliphatic rings. The van der Waals surface area contributed by atoms with Gasteiger partial charge in [0.05, 0.1) is 6.61 Å². The van der Waals surface area contributed by atoms with Gasteiger partial charge in [0.2, 0.25) is 10.0 Å². The van der Waals surface area contributed by atoms with Gasteiger partial charge in [-0.25, -0.2) is 12.8 Å². The fraction of sp³-hybridized carbons (Fsp3) is 0.500. The smallest absolute Gasteiger partial charge is 0.324 e. The third-order valence-electron chi connectivity index (χ3n) is 3.44. The van der Waals surface area contributed by atoms with Crippen LogP contribution >= 0.6 is 0 Å². The van der Waals surface area contributed by atoms with Crippen molar-refractivity contribution in [1.82, 2.24) is 4.31 Å². The number of esters is 1. The SMILES string of the molecule is CCOC(=O)C1CCCN1S(=O)(=O)c1cc(C)ccc1F. The molecule has 5 nitrogen and oxygen atoms in total. The first-order valence-corrected chi connectivity index (χ1v) is 8.26. The summed E-state index contributed by atoms with van der Waals surface area (Å²) in [7, 11) is -4.05. The molecule has 116 valence electrons. The quantitative estimate of drug-likeness (QED) is 0.796. The summed E-state index contributed by atoms with van der Waals surface area (Å²) in [4.78, 5) is 11.5. The van der Waals surface area contributed by atoms with Crippen LogP contribution in [0.3, 0.4) is 0 Å². The number of carbonyl (C=O) groups is 1. The van der Waals surface area contributed by atoms with Crippen molar-refractivity contribution >= 4 is 16.0 Å². The second-order valence-corrected chi connectivity index (χ2v) is 6.82. The van der Waals surface area contributed by atoms with E-state index in [-0.39, 0.29) is 13.2 Å². The van der Waals surface area contributed by atoms with E-state index >= 15 is 0 Å². The van der Waals surface area contributed by atoms with Crippen LogP contribution in [0.4, 0.5) is 4.39 Å². The second-order valence-electron chi connectivity index (χ2n) is 4.96. The second kappa shape index (κ2) is 6.11. The number of sulfonamides is 1. The number of hydrogen-bond donors (Lipinski definition) is 0. The highest BCUT2D eigenvalue weighted by molar-refractivity contribution is 7.89. The number of carbonyl (C=O) groups excluding carboxylic acids is 1. The van der Waals surface area contributed by atoms with Crippen LogP contribution in [0.15, 0.2) is 23.1 Å². The Morgan fingerprint density at radius 3 is 2.86 bits per heavy atom. The lowest BCUT2D eigenvalue weighted by Crippen LogP contribution is -2.41. The summed E-state index contributed by atoms with van der Waals surface area (Å²) in [6, 6.07) is 3.04. The number of nitrogens with zero attached hydrogens (tertiary/aromatic N) is 1. The number of benzene rings is 1. The minimum atomic E-state index is -4.05. The monoisotopic (exact) mass is 315 g/mol.